The molecule has 82 valence electrons. The predicted molar refractivity (Wildman–Crippen MR) is 62.0 cm³/mol. The second kappa shape index (κ2) is 3.44. The minimum absolute atomic E-state index is 0.732. The topological polar surface area (TPSA) is 34.4 Å². The molecule has 3 heteroatoms. The zero-order chi connectivity index (χ0) is 11.1. The van der Waals surface area contributed by atoms with E-state index < -0.39 is 0 Å². The van der Waals surface area contributed by atoms with Crippen LogP contribution in [0.2, 0.25) is 0 Å². The minimum atomic E-state index is 0.732. The van der Waals surface area contributed by atoms with Crippen LogP contribution in [-0.2, 0) is 12.8 Å². The summed E-state index contributed by atoms with van der Waals surface area (Å²) in [6.45, 7) is 2.01. The number of fused-ring (bicyclic) bond motifs is 3. The van der Waals surface area contributed by atoms with E-state index in [-0.39, 0.29) is 0 Å². The summed E-state index contributed by atoms with van der Waals surface area (Å²) >= 11 is 0. The maximum atomic E-state index is 10.9. The number of imidazole rings is 1. The predicted octanol–water partition coefficient (Wildman–Crippen LogP) is 2.33. The first-order chi connectivity index (χ1) is 7.79. The molecule has 0 bridgehead atoms. The Labute approximate surface area is 94.1 Å². The zero-order valence-electron chi connectivity index (χ0n) is 9.36. The van der Waals surface area contributed by atoms with Gasteiger partial charge < -0.3 is 4.40 Å². The summed E-state index contributed by atoms with van der Waals surface area (Å²) in [6.07, 6.45) is 7.43. The van der Waals surface area contributed by atoms with Crippen LogP contribution in [0.25, 0.3) is 5.65 Å². The summed E-state index contributed by atoms with van der Waals surface area (Å²) in [7, 11) is 0. The van der Waals surface area contributed by atoms with Crippen molar-refractivity contribution in [3.8, 4) is 0 Å². The number of hydrogen-bond acceptors (Lipinski definition) is 2. The normalized spacial score (nSPS) is 15.1. The molecular weight excluding hydrogens is 200 g/mol. The van der Waals surface area contributed by atoms with Crippen molar-refractivity contribution < 1.29 is 4.79 Å². The molecule has 2 heterocycles. The molecule has 3 rings (SSSR count). The molecule has 1 aliphatic carbocycles. The molecule has 0 aliphatic heterocycles. The molecule has 0 saturated heterocycles. The van der Waals surface area contributed by atoms with Gasteiger partial charge in [-0.2, -0.15) is 0 Å². The Morgan fingerprint density at radius 3 is 3.00 bits per heavy atom. The van der Waals surface area contributed by atoms with Crippen LogP contribution in [0.5, 0.6) is 0 Å². The third-order valence-corrected chi connectivity index (χ3v) is 3.32. The summed E-state index contributed by atoms with van der Waals surface area (Å²) < 4.78 is 2.10. The van der Waals surface area contributed by atoms with Gasteiger partial charge in [0.15, 0.2) is 6.29 Å². The van der Waals surface area contributed by atoms with Gasteiger partial charge in [0, 0.05) is 17.5 Å². The molecule has 3 nitrogen and oxygen atoms in total. The molecule has 2 aromatic rings. The van der Waals surface area contributed by atoms with E-state index in [1.807, 2.05) is 19.2 Å². The largest absolute Gasteiger partial charge is 0.303 e. The molecule has 2 aromatic heterocycles. The summed E-state index contributed by atoms with van der Waals surface area (Å²) in [5.74, 6) is 0. The van der Waals surface area contributed by atoms with Crippen LogP contribution in [0.3, 0.4) is 0 Å². The second-order valence-electron chi connectivity index (χ2n) is 4.48. The Morgan fingerprint density at radius 2 is 2.19 bits per heavy atom. The fraction of sp³-hybridized carbons (Fsp3) is 0.385. The van der Waals surface area contributed by atoms with E-state index in [0.29, 0.717) is 0 Å². The Balaban J connectivity index is 2.34. The fourth-order valence-electron chi connectivity index (χ4n) is 2.55. The third-order valence-electron chi connectivity index (χ3n) is 3.32. The molecule has 1 aliphatic rings. The van der Waals surface area contributed by atoms with Crippen molar-refractivity contribution in [2.24, 2.45) is 0 Å². The fourth-order valence-corrected chi connectivity index (χ4v) is 2.55. The van der Waals surface area contributed by atoms with Crippen LogP contribution in [0.4, 0.5) is 0 Å². The molecule has 0 fully saturated rings. The molecule has 0 N–H and O–H groups in total. The molecule has 0 aromatic carbocycles. The summed E-state index contributed by atoms with van der Waals surface area (Å²) in [4.78, 5) is 15.5. The lowest BCUT2D eigenvalue weighted by Crippen LogP contribution is -2.04. The minimum Gasteiger partial charge on any atom is -0.303 e. The first-order valence-electron chi connectivity index (χ1n) is 5.75. The number of carbonyl (C=O) groups excluding carboxylic acids is 1. The molecule has 0 spiro atoms. The highest BCUT2D eigenvalue weighted by Crippen LogP contribution is 2.24. The lowest BCUT2D eigenvalue weighted by Gasteiger charge is -2.10. The molecule has 0 unspecified atom stereocenters. The SMILES string of the molecule is Cc1cc(C=O)cn2c3c(nc12)CCCC3. The standard InChI is InChI=1S/C13H14N2O/c1-9-6-10(8-16)7-15-12-5-3-2-4-11(12)14-13(9)15/h6-8H,2-5H2,1H3. The number of aromatic nitrogens is 2. The average Bonchev–Trinajstić information content (AvgIpc) is 2.68. The maximum absolute atomic E-state index is 10.9. The van der Waals surface area contributed by atoms with E-state index in [1.54, 1.807) is 0 Å². The molecule has 0 radical (unpaired) electrons. The Morgan fingerprint density at radius 1 is 1.38 bits per heavy atom. The van der Waals surface area contributed by atoms with Gasteiger partial charge >= 0.3 is 0 Å². The van der Waals surface area contributed by atoms with Gasteiger partial charge in [0.05, 0.1) is 5.69 Å². The van der Waals surface area contributed by atoms with Crippen molar-refractivity contribution in [2.45, 2.75) is 32.6 Å². The van der Waals surface area contributed by atoms with E-state index in [9.17, 15) is 4.79 Å². The number of aryl methyl sites for hydroxylation is 3. The van der Waals surface area contributed by atoms with E-state index in [4.69, 9.17) is 0 Å². The quantitative estimate of drug-likeness (QED) is 0.683. The number of pyridine rings is 1. The van der Waals surface area contributed by atoms with Crippen LogP contribution in [-0.4, -0.2) is 15.7 Å². The van der Waals surface area contributed by atoms with Crippen LogP contribution in [0.1, 0.15) is 40.2 Å². The Bertz CT molecular complexity index is 569. The van der Waals surface area contributed by atoms with Crippen molar-refractivity contribution >= 4 is 11.9 Å². The van der Waals surface area contributed by atoms with Gasteiger partial charge in [-0.25, -0.2) is 4.98 Å². The lowest BCUT2D eigenvalue weighted by molar-refractivity contribution is 0.112. The first-order valence-corrected chi connectivity index (χ1v) is 5.75. The van der Waals surface area contributed by atoms with Gasteiger partial charge in [0.25, 0.3) is 0 Å². The number of carbonyl (C=O) groups is 1. The van der Waals surface area contributed by atoms with E-state index in [2.05, 4.69) is 9.38 Å². The van der Waals surface area contributed by atoms with Gasteiger partial charge in [0.1, 0.15) is 5.65 Å². The number of aldehydes is 1. The van der Waals surface area contributed by atoms with Crippen molar-refractivity contribution in [1.82, 2.24) is 9.38 Å². The molecule has 0 amide bonds. The van der Waals surface area contributed by atoms with Gasteiger partial charge in [-0.15, -0.1) is 0 Å². The number of rotatable bonds is 1. The van der Waals surface area contributed by atoms with Gasteiger partial charge in [-0.1, -0.05) is 0 Å². The monoisotopic (exact) mass is 214 g/mol. The number of nitrogens with zero attached hydrogens (tertiary/aromatic N) is 2. The molecule has 0 atom stereocenters. The van der Waals surface area contributed by atoms with Crippen molar-refractivity contribution in [1.29, 1.82) is 0 Å². The maximum Gasteiger partial charge on any atom is 0.151 e. The third kappa shape index (κ3) is 1.28. The zero-order valence-corrected chi connectivity index (χ0v) is 9.36. The highest BCUT2D eigenvalue weighted by atomic mass is 16.1. The summed E-state index contributed by atoms with van der Waals surface area (Å²) in [5, 5.41) is 0. The molecule has 0 saturated carbocycles. The highest BCUT2D eigenvalue weighted by Gasteiger charge is 2.17. The van der Waals surface area contributed by atoms with Gasteiger partial charge in [0.2, 0.25) is 0 Å². The van der Waals surface area contributed by atoms with E-state index in [0.717, 1.165) is 35.9 Å². The second-order valence-corrected chi connectivity index (χ2v) is 4.48. The van der Waals surface area contributed by atoms with E-state index in [1.165, 1.54) is 24.2 Å². The van der Waals surface area contributed by atoms with Gasteiger partial charge in [-0.3, -0.25) is 4.79 Å². The molecular formula is C13H14N2O. The van der Waals surface area contributed by atoms with Crippen LogP contribution < -0.4 is 0 Å². The Kier molecular flexibility index (Phi) is 2.06. The Hall–Kier alpha value is -1.64. The number of hydrogen-bond donors (Lipinski definition) is 0. The smallest absolute Gasteiger partial charge is 0.151 e. The van der Waals surface area contributed by atoms with Crippen LogP contribution >= 0.6 is 0 Å². The van der Waals surface area contributed by atoms with E-state index >= 15 is 0 Å². The highest BCUT2D eigenvalue weighted by molar-refractivity contribution is 5.76. The first kappa shape index (κ1) is 9.58. The van der Waals surface area contributed by atoms with Crippen LogP contribution in [0, 0.1) is 6.92 Å². The molecule has 16 heavy (non-hydrogen) atoms. The average molecular weight is 214 g/mol. The van der Waals surface area contributed by atoms with Crippen LogP contribution in [0.15, 0.2) is 12.3 Å². The van der Waals surface area contributed by atoms with Crippen molar-refractivity contribution in [3.05, 3.63) is 34.8 Å². The van der Waals surface area contributed by atoms with Crippen molar-refractivity contribution in [3.63, 3.8) is 0 Å². The summed E-state index contributed by atoms with van der Waals surface area (Å²) in [6, 6.07) is 1.90. The summed E-state index contributed by atoms with van der Waals surface area (Å²) in [5.41, 5.74) is 5.35. The van der Waals surface area contributed by atoms with Crippen molar-refractivity contribution in [2.75, 3.05) is 0 Å². The van der Waals surface area contributed by atoms with Gasteiger partial charge in [-0.05, 0) is 44.2 Å². The lowest BCUT2D eigenvalue weighted by atomic mass is 10.0.